The van der Waals surface area contributed by atoms with Crippen LogP contribution in [-0.2, 0) is 4.79 Å². The van der Waals surface area contributed by atoms with Crippen molar-refractivity contribution in [1.29, 1.82) is 5.26 Å². The number of amides is 1. The summed E-state index contributed by atoms with van der Waals surface area (Å²) in [7, 11) is 0. The predicted octanol–water partition coefficient (Wildman–Crippen LogP) is 0.572. The zero-order valence-corrected chi connectivity index (χ0v) is 16.7. The Balaban J connectivity index is 1.73. The van der Waals surface area contributed by atoms with Crippen molar-refractivity contribution < 1.29 is 19.0 Å². The van der Waals surface area contributed by atoms with Crippen molar-refractivity contribution in [3.8, 4) is 34.6 Å². The molecule has 0 spiro atoms. The highest BCUT2D eigenvalue weighted by Gasteiger charge is 2.34. The minimum Gasteiger partial charge on any atom is -0.485 e. The Hall–Kier alpha value is -4.11. The van der Waals surface area contributed by atoms with Crippen LogP contribution in [0.25, 0.3) is 22.8 Å². The fourth-order valence-corrected chi connectivity index (χ4v) is 3.39. The van der Waals surface area contributed by atoms with E-state index in [0.29, 0.717) is 17.0 Å². The maximum absolute atomic E-state index is 14.8. The van der Waals surface area contributed by atoms with Crippen molar-refractivity contribution in [2.24, 2.45) is 0 Å². The van der Waals surface area contributed by atoms with Gasteiger partial charge in [-0.25, -0.2) is 34.3 Å². The molecule has 0 unspecified atom stereocenters. The molecule has 0 bridgehead atoms. The van der Waals surface area contributed by atoms with E-state index in [1.807, 2.05) is 0 Å². The van der Waals surface area contributed by atoms with Crippen molar-refractivity contribution in [2.75, 3.05) is 19.7 Å². The first kappa shape index (κ1) is 21.1. The molecule has 12 heteroatoms. The first-order chi connectivity index (χ1) is 15.6. The minimum atomic E-state index is -1.51. The Bertz CT molecular complexity index is 1140. The molecule has 162 valence electrons. The Labute approximate surface area is 181 Å². The van der Waals surface area contributed by atoms with E-state index in [2.05, 4.69) is 36.0 Å². The van der Waals surface area contributed by atoms with Crippen LogP contribution in [0, 0.1) is 11.3 Å². The van der Waals surface area contributed by atoms with Gasteiger partial charge < -0.3 is 14.7 Å². The van der Waals surface area contributed by atoms with Crippen LogP contribution in [0.15, 0.2) is 37.4 Å². The van der Waals surface area contributed by atoms with Gasteiger partial charge in [0.15, 0.2) is 17.8 Å². The van der Waals surface area contributed by atoms with Crippen LogP contribution in [0.5, 0.6) is 5.75 Å². The average Bonchev–Trinajstić information content (AvgIpc) is 2.85. The number of hydrogen-bond acceptors (Lipinski definition) is 10. The summed E-state index contributed by atoms with van der Waals surface area (Å²) < 4.78 is 20.8. The Kier molecular flexibility index (Phi) is 6.18. The molecule has 0 radical (unpaired) electrons. The summed E-state index contributed by atoms with van der Waals surface area (Å²) in [5.41, 5.74) is 0.981. The lowest BCUT2D eigenvalue weighted by atomic mass is 10.0. The largest absolute Gasteiger partial charge is 0.485 e. The molecule has 3 aromatic rings. The fourth-order valence-electron chi connectivity index (χ4n) is 3.39. The highest BCUT2D eigenvalue weighted by molar-refractivity contribution is 5.77. The molecule has 1 amide bonds. The third-order valence-corrected chi connectivity index (χ3v) is 4.93. The molecule has 32 heavy (non-hydrogen) atoms. The van der Waals surface area contributed by atoms with Crippen molar-refractivity contribution in [2.45, 2.75) is 18.7 Å². The third kappa shape index (κ3) is 4.33. The van der Waals surface area contributed by atoms with Gasteiger partial charge in [0.25, 0.3) is 0 Å². The van der Waals surface area contributed by atoms with Crippen LogP contribution in [0.4, 0.5) is 4.39 Å². The molecule has 1 aliphatic rings. The zero-order chi connectivity index (χ0) is 22.5. The number of carbonyl (C=O) groups excluding carboxylic acids is 1. The maximum Gasteiger partial charge on any atom is 0.248 e. The second-order valence-electron chi connectivity index (χ2n) is 6.89. The number of piperidine rings is 1. The van der Waals surface area contributed by atoms with E-state index in [9.17, 15) is 14.4 Å². The number of hydrogen-bond donors (Lipinski definition) is 1. The van der Waals surface area contributed by atoms with E-state index < -0.39 is 24.8 Å². The lowest BCUT2D eigenvalue weighted by Crippen LogP contribution is -2.50. The summed E-state index contributed by atoms with van der Waals surface area (Å²) >= 11 is 0. The van der Waals surface area contributed by atoms with Gasteiger partial charge in [0.1, 0.15) is 49.8 Å². The lowest BCUT2D eigenvalue weighted by Gasteiger charge is -2.35. The van der Waals surface area contributed by atoms with Gasteiger partial charge in [-0.1, -0.05) is 0 Å². The molecule has 0 aliphatic carbocycles. The minimum absolute atomic E-state index is 0.117. The molecule has 1 N–H and O–H groups in total. The van der Waals surface area contributed by atoms with Gasteiger partial charge in [-0.3, -0.25) is 4.79 Å². The molecule has 1 fully saturated rings. The molecular formula is C20H17FN8O3. The maximum atomic E-state index is 14.8. The molecule has 1 saturated heterocycles. The second-order valence-corrected chi connectivity index (χ2v) is 6.89. The number of nitrogens with zero attached hydrogens (tertiary/aromatic N) is 8. The van der Waals surface area contributed by atoms with E-state index in [1.54, 1.807) is 6.07 Å². The van der Waals surface area contributed by atoms with Crippen LogP contribution in [0.3, 0.4) is 0 Å². The van der Waals surface area contributed by atoms with Crippen molar-refractivity contribution in [3.05, 3.63) is 43.0 Å². The standard InChI is InChI=1S/C20H17FN8O3/c21-15-6-29(17(31)7-30)2-1-16(15)32-18-13(5-22)3-12(19-25-8-23-9-26-19)4-14(18)20-27-10-24-11-28-20/h3-4,8-11,15-16,30H,1-2,6-7H2/t15-,16-/m0/s1. The molecule has 3 heterocycles. The summed E-state index contributed by atoms with van der Waals surface area (Å²) in [5, 5.41) is 18.8. The Morgan fingerprint density at radius 1 is 1.16 bits per heavy atom. The number of nitriles is 1. The number of alkyl halides is 1. The van der Waals surface area contributed by atoms with E-state index in [-0.39, 0.29) is 36.6 Å². The summed E-state index contributed by atoms with van der Waals surface area (Å²) in [5.74, 6) is 0.130. The van der Waals surface area contributed by atoms with Crippen molar-refractivity contribution >= 4 is 5.91 Å². The highest BCUT2D eigenvalue weighted by Crippen LogP contribution is 2.37. The van der Waals surface area contributed by atoms with Crippen LogP contribution >= 0.6 is 0 Å². The first-order valence-electron chi connectivity index (χ1n) is 9.63. The summed E-state index contributed by atoms with van der Waals surface area (Å²) in [6.45, 7) is -0.675. The number of ether oxygens (including phenoxy) is 1. The number of halogens is 1. The van der Waals surface area contributed by atoms with Crippen molar-refractivity contribution in [1.82, 2.24) is 34.8 Å². The quantitative estimate of drug-likeness (QED) is 0.601. The van der Waals surface area contributed by atoms with Gasteiger partial charge in [0, 0.05) is 18.5 Å². The van der Waals surface area contributed by atoms with Gasteiger partial charge in [-0.05, 0) is 12.1 Å². The normalized spacial score (nSPS) is 18.1. The van der Waals surface area contributed by atoms with E-state index in [0.717, 1.165) is 0 Å². The van der Waals surface area contributed by atoms with Crippen molar-refractivity contribution in [3.63, 3.8) is 0 Å². The summed E-state index contributed by atoms with van der Waals surface area (Å²) in [4.78, 5) is 37.0. The van der Waals surface area contributed by atoms with Crippen LogP contribution in [-0.4, -0.2) is 77.8 Å². The predicted molar refractivity (Wildman–Crippen MR) is 106 cm³/mol. The molecule has 4 rings (SSSR count). The zero-order valence-electron chi connectivity index (χ0n) is 16.7. The summed E-state index contributed by atoms with van der Waals surface area (Å²) in [6.07, 6.45) is 3.01. The smallest absolute Gasteiger partial charge is 0.248 e. The SMILES string of the molecule is N#Cc1cc(-c2ncncn2)cc(-c2ncncn2)c1O[C@H]1CCN(C(=O)CO)C[C@@H]1F. The number of carbonyl (C=O) groups is 1. The van der Waals surface area contributed by atoms with Gasteiger partial charge in [-0.2, -0.15) is 5.26 Å². The number of likely N-dealkylation sites (tertiary alicyclic amines) is 1. The fraction of sp³-hybridized carbons (Fsp3) is 0.300. The third-order valence-electron chi connectivity index (χ3n) is 4.93. The van der Waals surface area contributed by atoms with E-state index >= 15 is 0 Å². The van der Waals surface area contributed by atoms with Crippen LogP contribution in [0.1, 0.15) is 12.0 Å². The highest BCUT2D eigenvalue weighted by atomic mass is 19.1. The van der Waals surface area contributed by atoms with Crippen LogP contribution < -0.4 is 4.74 Å². The molecular weight excluding hydrogens is 419 g/mol. The van der Waals surface area contributed by atoms with Gasteiger partial charge >= 0.3 is 0 Å². The monoisotopic (exact) mass is 436 g/mol. The number of benzene rings is 1. The van der Waals surface area contributed by atoms with E-state index in [1.165, 1.54) is 36.3 Å². The molecule has 2 aromatic heterocycles. The van der Waals surface area contributed by atoms with Gasteiger partial charge in [-0.15, -0.1) is 0 Å². The Morgan fingerprint density at radius 3 is 2.41 bits per heavy atom. The summed E-state index contributed by atoms with van der Waals surface area (Å²) in [6, 6.07) is 5.26. The van der Waals surface area contributed by atoms with E-state index in [4.69, 9.17) is 9.84 Å². The number of aromatic nitrogens is 6. The lowest BCUT2D eigenvalue weighted by molar-refractivity contribution is -0.138. The number of rotatable bonds is 5. The number of aliphatic hydroxyl groups is 1. The van der Waals surface area contributed by atoms with Crippen LogP contribution in [0.2, 0.25) is 0 Å². The molecule has 1 aliphatic heterocycles. The first-order valence-corrected chi connectivity index (χ1v) is 9.63. The molecule has 1 aromatic carbocycles. The number of aliphatic hydroxyl groups excluding tert-OH is 1. The average molecular weight is 436 g/mol. The Morgan fingerprint density at radius 2 is 1.81 bits per heavy atom. The molecule has 0 saturated carbocycles. The van der Waals surface area contributed by atoms with Gasteiger partial charge in [0.05, 0.1) is 17.7 Å². The van der Waals surface area contributed by atoms with Gasteiger partial charge in [0.2, 0.25) is 5.91 Å². The second kappa shape index (κ2) is 9.36. The topological polar surface area (TPSA) is 151 Å². The molecule has 2 atom stereocenters. The molecule has 11 nitrogen and oxygen atoms in total.